The first-order valence-electron chi connectivity index (χ1n) is 6.52. The van der Waals surface area contributed by atoms with Crippen LogP contribution in [-0.4, -0.2) is 7.11 Å². The maximum atomic E-state index is 6.60. The van der Waals surface area contributed by atoms with Gasteiger partial charge < -0.3 is 10.5 Å². The topological polar surface area (TPSA) is 35.2 Å². The second-order valence-corrected chi connectivity index (χ2v) is 5.31. The fourth-order valence-corrected chi connectivity index (χ4v) is 3.13. The van der Waals surface area contributed by atoms with Crippen LogP contribution in [0.2, 0.25) is 0 Å². The van der Waals surface area contributed by atoms with Crippen LogP contribution in [0.5, 0.6) is 5.75 Å². The molecule has 17 heavy (non-hydrogen) atoms. The van der Waals surface area contributed by atoms with E-state index >= 15 is 0 Å². The SMILES string of the molecule is COc1c(C)ccc(C2(N)CCCCC2)c1C. The second kappa shape index (κ2) is 4.69. The predicted octanol–water partition coefficient (Wildman–Crippen LogP) is 3.43. The van der Waals surface area contributed by atoms with E-state index in [2.05, 4.69) is 26.0 Å². The third kappa shape index (κ3) is 2.19. The minimum Gasteiger partial charge on any atom is -0.496 e. The molecular formula is C15H23NO. The van der Waals surface area contributed by atoms with Gasteiger partial charge in [0.2, 0.25) is 0 Å². The molecule has 2 heteroatoms. The second-order valence-electron chi connectivity index (χ2n) is 5.31. The van der Waals surface area contributed by atoms with Crippen LogP contribution >= 0.6 is 0 Å². The van der Waals surface area contributed by atoms with Gasteiger partial charge in [0.25, 0.3) is 0 Å². The van der Waals surface area contributed by atoms with Gasteiger partial charge in [-0.3, -0.25) is 0 Å². The lowest BCUT2D eigenvalue weighted by atomic mass is 9.75. The number of nitrogens with two attached hydrogens (primary N) is 1. The zero-order valence-electron chi connectivity index (χ0n) is 11.2. The lowest BCUT2D eigenvalue weighted by Crippen LogP contribution is -2.39. The molecule has 0 spiro atoms. The summed E-state index contributed by atoms with van der Waals surface area (Å²) < 4.78 is 5.50. The Balaban J connectivity index is 2.44. The quantitative estimate of drug-likeness (QED) is 0.849. The zero-order valence-corrected chi connectivity index (χ0v) is 11.2. The van der Waals surface area contributed by atoms with Gasteiger partial charge in [0.05, 0.1) is 7.11 Å². The number of hydrogen-bond donors (Lipinski definition) is 1. The summed E-state index contributed by atoms with van der Waals surface area (Å²) in [5, 5.41) is 0. The van der Waals surface area contributed by atoms with Crippen molar-refractivity contribution >= 4 is 0 Å². The lowest BCUT2D eigenvalue weighted by Gasteiger charge is -2.35. The van der Waals surface area contributed by atoms with Crippen LogP contribution in [0.3, 0.4) is 0 Å². The fourth-order valence-electron chi connectivity index (χ4n) is 3.13. The molecule has 2 rings (SSSR count). The molecule has 0 radical (unpaired) electrons. The minimum absolute atomic E-state index is 0.136. The molecule has 1 aromatic rings. The first-order valence-corrected chi connectivity index (χ1v) is 6.52. The van der Waals surface area contributed by atoms with Gasteiger partial charge in [0.1, 0.15) is 5.75 Å². The van der Waals surface area contributed by atoms with Crippen molar-refractivity contribution in [2.24, 2.45) is 5.73 Å². The Morgan fingerprint density at radius 1 is 1.12 bits per heavy atom. The third-order valence-corrected chi connectivity index (χ3v) is 4.09. The third-order valence-electron chi connectivity index (χ3n) is 4.09. The van der Waals surface area contributed by atoms with E-state index in [1.165, 1.54) is 36.0 Å². The largest absolute Gasteiger partial charge is 0.496 e. The highest BCUT2D eigenvalue weighted by Gasteiger charge is 2.31. The van der Waals surface area contributed by atoms with Crippen LogP contribution in [0.25, 0.3) is 0 Å². The number of methoxy groups -OCH3 is 1. The van der Waals surface area contributed by atoms with E-state index < -0.39 is 0 Å². The molecule has 0 heterocycles. The molecular weight excluding hydrogens is 210 g/mol. The molecule has 0 aliphatic heterocycles. The lowest BCUT2D eigenvalue weighted by molar-refractivity contribution is 0.299. The fraction of sp³-hybridized carbons (Fsp3) is 0.600. The van der Waals surface area contributed by atoms with E-state index in [9.17, 15) is 0 Å². The van der Waals surface area contributed by atoms with Gasteiger partial charge in [0.15, 0.2) is 0 Å². The number of benzene rings is 1. The van der Waals surface area contributed by atoms with Gasteiger partial charge in [-0.15, -0.1) is 0 Å². The Bertz CT molecular complexity index is 406. The summed E-state index contributed by atoms with van der Waals surface area (Å²) in [6.45, 7) is 4.21. The summed E-state index contributed by atoms with van der Waals surface area (Å²) in [7, 11) is 1.74. The van der Waals surface area contributed by atoms with Crippen LogP contribution in [0, 0.1) is 13.8 Å². The molecule has 0 atom stereocenters. The van der Waals surface area contributed by atoms with Gasteiger partial charge >= 0.3 is 0 Å². The van der Waals surface area contributed by atoms with Crippen molar-refractivity contribution in [3.05, 3.63) is 28.8 Å². The van der Waals surface area contributed by atoms with Crippen molar-refractivity contribution in [3.8, 4) is 5.75 Å². The normalized spacial score (nSPS) is 19.1. The molecule has 2 N–H and O–H groups in total. The Hall–Kier alpha value is -1.02. The highest BCUT2D eigenvalue weighted by molar-refractivity contribution is 5.47. The van der Waals surface area contributed by atoms with E-state index in [1.54, 1.807) is 7.11 Å². The zero-order chi connectivity index (χ0) is 12.5. The van der Waals surface area contributed by atoms with Crippen molar-refractivity contribution < 1.29 is 4.74 Å². The molecule has 1 aliphatic carbocycles. The first-order chi connectivity index (χ1) is 8.08. The van der Waals surface area contributed by atoms with Gasteiger partial charge in [-0.25, -0.2) is 0 Å². The monoisotopic (exact) mass is 233 g/mol. The van der Waals surface area contributed by atoms with Gasteiger partial charge in [-0.2, -0.15) is 0 Å². The van der Waals surface area contributed by atoms with Crippen molar-refractivity contribution in [1.82, 2.24) is 0 Å². The van der Waals surface area contributed by atoms with Crippen LogP contribution in [0.15, 0.2) is 12.1 Å². The summed E-state index contributed by atoms with van der Waals surface area (Å²) >= 11 is 0. The number of aryl methyl sites for hydroxylation is 1. The standard InChI is InChI=1S/C15H23NO/c1-11-7-8-13(12(2)14(11)17-3)15(16)9-5-4-6-10-15/h7-8H,4-6,9-10,16H2,1-3H3. The van der Waals surface area contributed by atoms with E-state index in [0.717, 1.165) is 18.6 Å². The van der Waals surface area contributed by atoms with Gasteiger partial charge in [-0.05, 0) is 43.4 Å². The summed E-state index contributed by atoms with van der Waals surface area (Å²) in [6, 6.07) is 4.32. The van der Waals surface area contributed by atoms with E-state index in [1.807, 2.05) is 0 Å². The van der Waals surface area contributed by atoms with Crippen LogP contribution in [0.1, 0.15) is 48.8 Å². The Morgan fingerprint density at radius 2 is 1.76 bits per heavy atom. The smallest absolute Gasteiger partial charge is 0.125 e. The highest BCUT2D eigenvalue weighted by atomic mass is 16.5. The average Bonchev–Trinajstić information content (AvgIpc) is 2.30. The summed E-state index contributed by atoms with van der Waals surface area (Å²) in [4.78, 5) is 0. The van der Waals surface area contributed by atoms with Crippen LogP contribution in [0.4, 0.5) is 0 Å². The number of rotatable bonds is 2. The molecule has 0 bridgehead atoms. The Labute approximate surface area is 104 Å². The number of ether oxygens (including phenoxy) is 1. The molecule has 1 saturated carbocycles. The van der Waals surface area contributed by atoms with Crippen LogP contribution < -0.4 is 10.5 Å². The van der Waals surface area contributed by atoms with Gasteiger partial charge in [-0.1, -0.05) is 31.4 Å². The van der Waals surface area contributed by atoms with Crippen molar-refractivity contribution in [2.45, 2.75) is 51.5 Å². The Morgan fingerprint density at radius 3 is 2.35 bits per heavy atom. The van der Waals surface area contributed by atoms with E-state index in [0.29, 0.717) is 0 Å². The Kier molecular flexibility index (Phi) is 3.43. The molecule has 2 nitrogen and oxygen atoms in total. The summed E-state index contributed by atoms with van der Waals surface area (Å²) in [6.07, 6.45) is 6.00. The first kappa shape index (κ1) is 12.4. The molecule has 1 fully saturated rings. The maximum Gasteiger partial charge on any atom is 0.125 e. The molecule has 0 unspecified atom stereocenters. The molecule has 0 amide bonds. The minimum atomic E-state index is -0.136. The molecule has 94 valence electrons. The van der Waals surface area contributed by atoms with Crippen LogP contribution in [-0.2, 0) is 5.54 Å². The van der Waals surface area contributed by atoms with E-state index in [4.69, 9.17) is 10.5 Å². The van der Waals surface area contributed by atoms with Crippen molar-refractivity contribution in [3.63, 3.8) is 0 Å². The van der Waals surface area contributed by atoms with Crippen molar-refractivity contribution in [2.75, 3.05) is 7.11 Å². The van der Waals surface area contributed by atoms with E-state index in [-0.39, 0.29) is 5.54 Å². The maximum absolute atomic E-state index is 6.60. The number of hydrogen-bond acceptors (Lipinski definition) is 2. The average molecular weight is 233 g/mol. The predicted molar refractivity (Wildman–Crippen MR) is 71.4 cm³/mol. The summed E-state index contributed by atoms with van der Waals surface area (Å²) in [5.41, 5.74) is 10.1. The summed E-state index contributed by atoms with van der Waals surface area (Å²) in [5.74, 6) is 0.998. The van der Waals surface area contributed by atoms with Crippen molar-refractivity contribution in [1.29, 1.82) is 0 Å². The molecule has 0 saturated heterocycles. The molecule has 0 aromatic heterocycles. The highest BCUT2D eigenvalue weighted by Crippen LogP contribution is 2.39. The molecule has 1 aromatic carbocycles. The molecule has 1 aliphatic rings. The van der Waals surface area contributed by atoms with Gasteiger partial charge in [0, 0.05) is 5.54 Å².